The summed E-state index contributed by atoms with van der Waals surface area (Å²) >= 11 is 5.77. The number of carbonyl (C=O) groups excluding carboxylic acids is 1. The highest BCUT2D eigenvalue weighted by Crippen LogP contribution is 2.21. The van der Waals surface area contributed by atoms with E-state index in [1.165, 1.54) is 30.3 Å². The zero-order valence-corrected chi connectivity index (χ0v) is 11.2. The van der Waals surface area contributed by atoms with Crippen LogP contribution in [0.25, 0.3) is 0 Å². The molecule has 0 aliphatic rings. The largest absolute Gasteiger partial charge is 0.435 e. The highest BCUT2D eigenvalue weighted by molar-refractivity contribution is 6.34. The standard InChI is InChI=1S/C14H9ClF3NO2/c15-12-7-8(16)1-6-11(12)13(20)19-9-2-4-10(5-3-9)21-14(17)18/h1-7,14H,(H,19,20). The fraction of sp³-hybridized carbons (Fsp3) is 0.0714. The third-order valence-corrected chi connectivity index (χ3v) is 2.83. The Morgan fingerprint density at radius 2 is 1.81 bits per heavy atom. The van der Waals surface area contributed by atoms with Crippen molar-refractivity contribution in [2.75, 3.05) is 5.32 Å². The lowest BCUT2D eigenvalue weighted by Gasteiger charge is -2.08. The van der Waals surface area contributed by atoms with Gasteiger partial charge < -0.3 is 10.1 Å². The lowest BCUT2D eigenvalue weighted by Crippen LogP contribution is -2.12. The van der Waals surface area contributed by atoms with E-state index in [0.29, 0.717) is 5.69 Å². The molecule has 2 rings (SSSR count). The van der Waals surface area contributed by atoms with Crippen molar-refractivity contribution in [2.45, 2.75) is 6.61 Å². The summed E-state index contributed by atoms with van der Waals surface area (Å²) in [6.45, 7) is -2.91. The predicted molar refractivity (Wildman–Crippen MR) is 72.4 cm³/mol. The summed E-state index contributed by atoms with van der Waals surface area (Å²) in [5.74, 6) is -1.12. The van der Waals surface area contributed by atoms with Gasteiger partial charge in [0.15, 0.2) is 0 Å². The average Bonchev–Trinajstić information content (AvgIpc) is 2.40. The molecule has 0 saturated carbocycles. The molecule has 110 valence electrons. The summed E-state index contributed by atoms with van der Waals surface area (Å²) in [6, 6.07) is 8.75. The molecule has 0 aliphatic heterocycles. The van der Waals surface area contributed by atoms with Crippen LogP contribution in [0.15, 0.2) is 42.5 Å². The van der Waals surface area contributed by atoms with Crippen LogP contribution in [-0.2, 0) is 0 Å². The summed E-state index contributed by atoms with van der Waals surface area (Å²) in [4.78, 5) is 11.9. The maximum atomic E-state index is 12.9. The van der Waals surface area contributed by atoms with E-state index in [-0.39, 0.29) is 16.3 Å². The minimum atomic E-state index is -2.91. The van der Waals surface area contributed by atoms with Crippen LogP contribution in [0.1, 0.15) is 10.4 Å². The molecule has 7 heteroatoms. The van der Waals surface area contributed by atoms with Gasteiger partial charge in [-0.2, -0.15) is 8.78 Å². The van der Waals surface area contributed by atoms with Crippen molar-refractivity contribution < 1.29 is 22.7 Å². The Kier molecular flexibility index (Phi) is 4.70. The second-order valence-corrected chi connectivity index (χ2v) is 4.39. The third kappa shape index (κ3) is 4.13. The van der Waals surface area contributed by atoms with Crippen LogP contribution in [0.4, 0.5) is 18.9 Å². The third-order valence-electron chi connectivity index (χ3n) is 2.51. The van der Waals surface area contributed by atoms with E-state index in [4.69, 9.17) is 11.6 Å². The monoisotopic (exact) mass is 315 g/mol. The van der Waals surface area contributed by atoms with E-state index in [0.717, 1.165) is 12.1 Å². The minimum Gasteiger partial charge on any atom is -0.435 e. The van der Waals surface area contributed by atoms with E-state index < -0.39 is 18.3 Å². The minimum absolute atomic E-state index is 0.0230. The second kappa shape index (κ2) is 6.49. The number of rotatable bonds is 4. The van der Waals surface area contributed by atoms with Crippen molar-refractivity contribution in [2.24, 2.45) is 0 Å². The molecular weight excluding hydrogens is 307 g/mol. The molecule has 2 aromatic carbocycles. The van der Waals surface area contributed by atoms with Gasteiger partial charge in [-0.1, -0.05) is 11.6 Å². The molecule has 2 aromatic rings. The molecule has 0 spiro atoms. The Morgan fingerprint density at radius 1 is 1.14 bits per heavy atom. The van der Waals surface area contributed by atoms with Crippen molar-refractivity contribution in [3.63, 3.8) is 0 Å². The van der Waals surface area contributed by atoms with Gasteiger partial charge in [-0.3, -0.25) is 4.79 Å². The molecule has 1 amide bonds. The van der Waals surface area contributed by atoms with Crippen LogP contribution in [0, 0.1) is 5.82 Å². The van der Waals surface area contributed by atoms with E-state index in [2.05, 4.69) is 10.1 Å². The first-order chi connectivity index (χ1) is 9.95. The van der Waals surface area contributed by atoms with Crippen molar-refractivity contribution in [1.29, 1.82) is 0 Å². The van der Waals surface area contributed by atoms with Gasteiger partial charge in [0.2, 0.25) is 0 Å². The van der Waals surface area contributed by atoms with Gasteiger partial charge >= 0.3 is 6.61 Å². The van der Waals surface area contributed by atoms with Gasteiger partial charge in [0.1, 0.15) is 11.6 Å². The van der Waals surface area contributed by atoms with Crippen LogP contribution in [0.2, 0.25) is 5.02 Å². The van der Waals surface area contributed by atoms with E-state index in [9.17, 15) is 18.0 Å². The molecule has 0 heterocycles. The van der Waals surface area contributed by atoms with Crippen LogP contribution in [0.3, 0.4) is 0 Å². The summed E-state index contributed by atoms with van der Waals surface area (Å²) in [5.41, 5.74) is 0.466. The Morgan fingerprint density at radius 3 is 2.38 bits per heavy atom. The van der Waals surface area contributed by atoms with Gasteiger partial charge in [-0.25, -0.2) is 4.39 Å². The number of amides is 1. The Hall–Kier alpha value is -2.21. The van der Waals surface area contributed by atoms with Crippen molar-refractivity contribution >= 4 is 23.2 Å². The number of alkyl halides is 2. The van der Waals surface area contributed by atoms with Crippen LogP contribution in [-0.4, -0.2) is 12.5 Å². The average molecular weight is 316 g/mol. The fourth-order valence-corrected chi connectivity index (χ4v) is 1.84. The number of hydrogen-bond donors (Lipinski definition) is 1. The van der Waals surface area contributed by atoms with Gasteiger partial charge in [0.05, 0.1) is 10.6 Å². The molecule has 0 saturated heterocycles. The smallest absolute Gasteiger partial charge is 0.387 e. The topological polar surface area (TPSA) is 38.3 Å². The molecule has 1 N–H and O–H groups in total. The summed E-state index contributed by atoms with van der Waals surface area (Å²) in [7, 11) is 0. The molecule has 21 heavy (non-hydrogen) atoms. The molecule has 0 atom stereocenters. The first-order valence-electron chi connectivity index (χ1n) is 5.77. The summed E-state index contributed by atoms with van der Waals surface area (Å²) < 4.78 is 41.1. The quantitative estimate of drug-likeness (QED) is 0.912. The highest BCUT2D eigenvalue weighted by atomic mass is 35.5. The molecule has 0 bridgehead atoms. The maximum Gasteiger partial charge on any atom is 0.387 e. The predicted octanol–water partition coefficient (Wildman–Crippen LogP) is 4.33. The molecule has 0 aliphatic carbocycles. The van der Waals surface area contributed by atoms with E-state index in [1.54, 1.807) is 0 Å². The van der Waals surface area contributed by atoms with Crippen LogP contribution < -0.4 is 10.1 Å². The Labute approximate surface area is 123 Å². The number of ether oxygens (including phenoxy) is 1. The fourth-order valence-electron chi connectivity index (χ4n) is 1.59. The number of anilines is 1. The Balaban J connectivity index is 2.08. The molecule has 0 aromatic heterocycles. The molecule has 0 fully saturated rings. The van der Waals surface area contributed by atoms with Gasteiger partial charge in [-0.15, -0.1) is 0 Å². The molecule has 0 radical (unpaired) electrons. The summed E-state index contributed by atoms with van der Waals surface area (Å²) in [6.07, 6.45) is 0. The van der Waals surface area contributed by atoms with Crippen molar-refractivity contribution in [3.05, 3.63) is 58.9 Å². The van der Waals surface area contributed by atoms with E-state index >= 15 is 0 Å². The Bertz CT molecular complexity index is 647. The maximum absolute atomic E-state index is 12.9. The van der Waals surface area contributed by atoms with Crippen LogP contribution >= 0.6 is 11.6 Å². The first kappa shape index (κ1) is 15.2. The van der Waals surface area contributed by atoms with E-state index in [1.807, 2.05) is 0 Å². The number of hydrogen-bond acceptors (Lipinski definition) is 2. The number of carbonyl (C=O) groups is 1. The molecular formula is C14H9ClF3NO2. The molecule has 3 nitrogen and oxygen atoms in total. The zero-order valence-electron chi connectivity index (χ0n) is 10.4. The van der Waals surface area contributed by atoms with Gasteiger partial charge in [-0.05, 0) is 42.5 Å². The SMILES string of the molecule is O=C(Nc1ccc(OC(F)F)cc1)c1ccc(F)cc1Cl. The number of benzene rings is 2. The normalized spacial score (nSPS) is 10.5. The van der Waals surface area contributed by atoms with Crippen LogP contribution in [0.5, 0.6) is 5.75 Å². The van der Waals surface area contributed by atoms with Gasteiger partial charge in [0, 0.05) is 5.69 Å². The second-order valence-electron chi connectivity index (χ2n) is 3.98. The van der Waals surface area contributed by atoms with Gasteiger partial charge in [0.25, 0.3) is 5.91 Å². The number of halogens is 4. The van der Waals surface area contributed by atoms with Crippen molar-refractivity contribution in [3.8, 4) is 5.75 Å². The lowest BCUT2D eigenvalue weighted by atomic mass is 10.2. The number of nitrogens with one attached hydrogen (secondary N) is 1. The zero-order chi connectivity index (χ0) is 15.4. The highest BCUT2D eigenvalue weighted by Gasteiger charge is 2.11. The van der Waals surface area contributed by atoms with Crippen molar-refractivity contribution in [1.82, 2.24) is 0 Å². The lowest BCUT2D eigenvalue weighted by molar-refractivity contribution is -0.0498. The first-order valence-corrected chi connectivity index (χ1v) is 6.15. The summed E-state index contributed by atoms with van der Waals surface area (Å²) in [5, 5.41) is 2.49. The molecule has 0 unspecified atom stereocenters.